The summed E-state index contributed by atoms with van der Waals surface area (Å²) in [6.07, 6.45) is 0. The van der Waals surface area contributed by atoms with E-state index < -0.39 is 11.9 Å². The van der Waals surface area contributed by atoms with Crippen molar-refractivity contribution in [2.45, 2.75) is 26.4 Å². The van der Waals surface area contributed by atoms with Gasteiger partial charge in [0.25, 0.3) is 0 Å². The van der Waals surface area contributed by atoms with Crippen LogP contribution in [0.15, 0.2) is 96.4 Å². The number of ether oxygens (including phenoxy) is 4. The SMILES string of the molecule is CCOc1cc(C2C(C#N)=C(N)Oc3cc(OC(=O)c4sc5ccccc5c4Cl)ccc32)ccc1OCc1ccc(C)cc1. The second-order valence-electron chi connectivity index (χ2n) is 10.2. The molecule has 0 saturated carbocycles. The van der Waals surface area contributed by atoms with Crippen LogP contribution in [-0.4, -0.2) is 12.6 Å². The molecule has 0 aliphatic carbocycles. The van der Waals surface area contributed by atoms with Crippen molar-refractivity contribution < 1.29 is 23.7 Å². The molecular weight excluding hydrogens is 596 g/mol. The van der Waals surface area contributed by atoms with Gasteiger partial charge in [0.2, 0.25) is 5.88 Å². The molecule has 1 aliphatic rings. The third kappa shape index (κ3) is 5.68. The van der Waals surface area contributed by atoms with Crippen LogP contribution in [0.4, 0.5) is 0 Å². The maximum Gasteiger partial charge on any atom is 0.355 e. The summed E-state index contributed by atoms with van der Waals surface area (Å²) in [6.45, 7) is 4.74. The minimum atomic E-state index is -0.577. The molecule has 1 unspecified atom stereocenters. The molecule has 4 aromatic carbocycles. The van der Waals surface area contributed by atoms with Crippen molar-refractivity contribution in [2.24, 2.45) is 5.73 Å². The lowest BCUT2D eigenvalue weighted by molar-refractivity contribution is 0.0740. The number of aryl methyl sites for hydroxylation is 1. The van der Waals surface area contributed by atoms with E-state index in [-0.39, 0.29) is 17.2 Å². The molecule has 0 amide bonds. The molecule has 0 fully saturated rings. The zero-order valence-corrected chi connectivity index (χ0v) is 25.5. The van der Waals surface area contributed by atoms with Crippen LogP contribution in [0.5, 0.6) is 23.0 Å². The minimum absolute atomic E-state index is 0.0290. The molecule has 1 atom stereocenters. The summed E-state index contributed by atoms with van der Waals surface area (Å²) >= 11 is 7.75. The van der Waals surface area contributed by atoms with E-state index in [1.165, 1.54) is 16.9 Å². The lowest BCUT2D eigenvalue weighted by Crippen LogP contribution is -2.21. The first-order chi connectivity index (χ1) is 21.4. The maximum atomic E-state index is 13.1. The first kappa shape index (κ1) is 29.1. The number of nitrogens with zero attached hydrogens (tertiary/aromatic N) is 1. The van der Waals surface area contributed by atoms with E-state index in [4.69, 9.17) is 36.3 Å². The molecule has 44 heavy (non-hydrogen) atoms. The Morgan fingerprint density at radius 1 is 1.02 bits per heavy atom. The molecule has 5 aromatic rings. The Hall–Kier alpha value is -4.97. The highest BCUT2D eigenvalue weighted by molar-refractivity contribution is 7.21. The van der Waals surface area contributed by atoms with Gasteiger partial charge in [-0.15, -0.1) is 11.3 Å². The van der Waals surface area contributed by atoms with Gasteiger partial charge in [-0.1, -0.05) is 71.8 Å². The zero-order chi connectivity index (χ0) is 30.8. The van der Waals surface area contributed by atoms with Crippen LogP contribution >= 0.6 is 22.9 Å². The average molecular weight is 623 g/mol. The Labute approximate surface area is 263 Å². The number of esters is 1. The molecule has 220 valence electrons. The minimum Gasteiger partial charge on any atom is -0.490 e. The van der Waals surface area contributed by atoms with E-state index >= 15 is 0 Å². The summed E-state index contributed by atoms with van der Waals surface area (Å²) in [5.41, 5.74) is 10.2. The first-order valence-corrected chi connectivity index (χ1v) is 15.1. The Bertz CT molecular complexity index is 1960. The summed E-state index contributed by atoms with van der Waals surface area (Å²) in [5, 5.41) is 11.2. The second kappa shape index (κ2) is 12.3. The summed E-state index contributed by atoms with van der Waals surface area (Å²) in [6, 6.07) is 28.4. The van der Waals surface area contributed by atoms with Crippen molar-refractivity contribution >= 4 is 39.0 Å². The van der Waals surface area contributed by atoms with Gasteiger partial charge in [0.1, 0.15) is 34.6 Å². The number of halogens is 1. The molecular formula is C35H27ClN2O5S. The van der Waals surface area contributed by atoms with Crippen LogP contribution in [0, 0.1) is 18.3 Å². The number of hydrogen-bond acceptors (Lipinski definition) is 8. The number of fused-ring (bicyclic) bond motifs is 2. The number of nitriles is 1. The smallest absolute Gasteiger partial charge is 0.355 e. The van der Waals surface area contributed by atoms with Gasteiger partial charge in [-0.05, 0) is 49.2 Å². The molecule has 0 bridgehead atoms. The number of rotatable bonds is 8. The van der Waals surface area contributed by atoms with Gasteiger partial charge < -0.3 is 24.7 Å². The van der Waals surface area contributed by atoms with E-state index in [0.29, 0.717) is 45.9 Å². The van der Waals surface area contributed by atoms with Crippen LogP contribution in [0.1, 0.15) is 44.8 Å². The van der Waals surface area contributed by atoms with E-state index in [0.717, 1.165) is 21.2 Å². The summed E-state index contributed by atoms with van der Waals surface area (Å²) in [5.74, 6) is 0.607. The number of thiophene rings is 1. The normalized spacial score (nSPS) is 14.0. The van der Waals surface area contributed by atoms with Crippen molar-refractivity contribution in [1.82, 2.24) is 0 Å². The topological polar surface area (TPSA) is 104 Å². The highest BCUT2D eigenvalue weighted by atomic mass is 35.5. The van der Waals surface area contributed by atoms with E-state index in [9.17, 15) is 10.1 Å². The van der Waals surface area contributed by atoms with Gasteiger partial charge in [0.15, 0.2) is 11.5 Å². The van der Waals surface area contributed by atoms with E-state index in [2.05, 4.69) is 6.07 Å². The molecule has 1 aromatic heterocycles. The molecule has 6 rings (SSSR count). The number of carbonyl (C=O) groups is 1. The number of benzene rings is 4. The molecule has 0 saturated heterocycles. The standard InChI is InChI=1S/C35H27ClN2O5S/c1-3-40-29-16-22(12-15-27(29)41-19-21-10-8-20(2)9-11-21)31-24-14-13-23(17-28(24)43-34(38)26(31)18-37)42-35(39)33-32(36)25-6-4-5-7-30(25)44-33/h4-17,31H,3,19,38H2,1-2H3. The predicted molar refractivity (Wildman–Crippen MR) is 171 cm³/mol. The number of allylic oxidation sites excluding steroid dienone is 1. The van der Waals surface area contributed by atoms with Crippen LogP contribution in [-0.2, 0) is 6.61 Å². The van der Waals surface area contributed by atoms with Crippen molar-refractivity contribution in [3.63, 3.8) is 0 Å². The number of hydrogen-bond donors (Lipinski definition) is 1. The summed E-state index contributed by atoms with van der Waals surface area (Å²) < 4.78 is 24.5. The fourth-order valence-corrected chi connectivity index (χ4v) is 6.46. The second-order valence-corrected chi connectivity index (χ2v) is 11.6. The van der Waals surface area contributed by atoms with Gasteiger partial charge in [-0.25, -0.2) is 4.79 Å². The van der Waals surface area contributed by atoms with Crippen LogP contribution in [0.2, 0.25) is 5.02 Å². The highest BCUT2D eigenvalue weighted by Crippen LogP contribution is 2.45. The Morgan fingerprint density at radius 3 is 2.57 bits per heavy atom. The monoisotopic (exact) mass is 622 g/mol. The number of carbonyl (C=O) groups excluding carboxylic acids is 1. The van der Waals surface area contributed by atoms with Gasteiger partial charge in [-0.2, -0.15) is 5.26 Å². The van der Waals surface area contributed by atoms with Crippen molar-refractivity contribution in [2.75, 3.05) is 6.61 Å². The van der Waals surface area contributed by atoms with Crippen molar-refractivity contribution in [3.8, 4) is 29.1 Å². The number of nitrogens with two attached hydrogens (primary N) is 1. The lowest BCUT2D eigenvalue weighted by atomic mass is 9.83. The fraction of sp³-hybridized carbons (Fsp3) is 0.143. The maximum absolute atomic E-state index is 13.1. The predicted octanol–water partition coefficient (Wildman–Crippen LogP) is 8.28. The first-order valence-electron chi connectivity index (χ1n) is 13.9. The molecule has 7 nitrogen and oxygen atoms in total. The van der Waals surface area contributed by atoms with Gasteiger partial charge in [0, 0.05) is 21.7 Å². The Kier molecular flexibility index (Phi) is 8.16. The fourth-order valence-electron chi connectivity index (χ4n) is 5.08. The average Bonchev–Trinajstić information content (AvgIpc) is 3.37. The third-order valence-corrected chi connectivity index (χ3v) is 8.89. The molecule has 1 aliphatic heterocycles. The zero-order valence-electron chi connectivity index (χ0n) is 23.9. The molecule has 9 heteroatoms. The largest absolute Gasteiger partial charge is 0.490 e. The van der Waals surface area contributed by atoms with E-state index in [1.54, 1.807) is 18.2 Å². The van der Waals surface area contributed by atoms with Crippen LogP contribution in [0.3, 0.4) is 0 Å². The quantitative estimate of drug-likeness (QED) is 0.137. The van der Waals surface area contributed by atoms with Crippen molar-refractivity contribution in [1.29, 1.82) is 5.26 Å². The van der Waals surface area contributed by atoms with Crippen LogP contribution < -0.4 is 24.7 Å². The highest BCUT2D eigenvalue weighted by Gasteiger charge is 2.32. The van der Waals surface area contributed by atoms with Crippen molar-refractivity contribution in [3.05, 3.63) is 129 Å². The van der Waals surface area contributed by atoms with Gasteiger partial charge in [0.05, 0.1) is 17.5 Å². The molecule has 2 N–H and O–H groups in total. The molecule has 0 radical (unpaired) electrons. The Balaban J connectivity index is 1.29. The van der Waals surface area contributed by atoms with Crippen LogP contribution in [0.25, 0.3) is 10.1 Å². The molecule has 0 spiro atoms. The van der Waals surface area contributed by atoms with E-state index in [1.807, 2.05) is 80.6 Å². The van der Waals surface area contributed by atoms with Gasteiger partial charge in [-0.3, -0.25) is 0 Å². The lowest BCUT2D eigenvalue weighted by Gasteiger charge is -2.27. The van der Waals surface area contributed by atoms with Gasteiger partial charge >= 0.3 is 5.97 Å². The summed E-state index contributed by atoms with van der Waals surface area (Å²) in [4.78, 5) is 13.4. The summed E-state index contributed by atoms with van der Waals surface area (Å²) in [7, 11) is 0. The third-order valence-electron chi connectivity index (χ3n) is 7.24. The Morgan fingerprint density at radius 2 is 1.82 bits per heavy atom. The molecule has 2 heterocycles.